The van der Waals surface area contributed by atoms with Crippen molar-refractivity contribution in [1.29, 1.82) is 0 Å². The molecule has 262 valence electrons. The second kappa shape index (κ2) is 17.2. The molecule has 1 aromatic carbocycles. The fourth-order valence-electron chi connectivity index (χ4n) is 9.09. The van der Waals surface area contributed by atoms with Gasteiger partial charge in [-0.1, -0.05) is 90.1 Å². The van der Waals surface area contributed by atoms with Crippen LogP contribution in [0.25, 0.3) is 0 Å². The van der Waals surface area contributed by atoms with Gasteiger partial charge in [-0.05, 0) is 121 Å². The van der Waals surface area contributed by atoms with E-state index in [0.29, 0.717) is 57.1 Å². The lowest BCUT2D eigenvalue weighted by atomic mass is 9.45. The van der Waals surface area contributed by atoms with Gasteiger partial charge in [0.1, 0.15) is 6.29 Å². The molecule has 0 radical (unpaired) electrons. The van der Waals surface area contributed by atoms with Gasteiger partial charge in [0.05, 0.1) is 17.8 Å². The molecule has 2 saturated carbocycles. The minimum atomic E-state index is -1.22. The van der Waals surface area contributed by atoms with Gasteiger partial charge in [0.2, 0.25) is 0 Å². The lowest BCUT2D eigenvalue weighted by Crippen LogP contribution is -2.65. The summed E-state index contributed by atoms with van der Waals surface area (Å²) in [6.45, 7) is 10.8. The average molecular weight is 658 g/mol. The summed E-state index contributed by atoms with van der Waals surface area (Å²) in [5, 5.41) is 50.8. The van der Waals surface area contributed by atoms with E-state index in [2.05, 4.69) is 56.1 Å². The van der Waals surface area contributed by atoms with E-state index in [4.69, 9.17) is 0 Å². The highest BCUT2D eigenvalue weighted by Crippen LogP contribution is 2.67. The second-order valence-corrected chi connectivity index (χ2v) is 14.7. The molecule has 3 aliphatic carbocycles. The molecule has 3 aliphatic rings. The van der Waals surface area contributed by atoms with Crippen molar-refractivity contribution in [3.63, 3.8) is 0 Å². The number of carbonyl (C=O) groups excluding carboxylic acids is 1. The molecule has 1 aromatic rings. The highest BCUT2D eigenvalue weighted by molar-refractivity contribution is 5.74. The SMILES string of the molecule is C=C(C=CC=C([C@H](O)CCc1ccccc1)[C@H]1CC[C@]2([C@@H]1O)[C@H]1C(=C(C)C=O)[C@@H](C=C[C@H]1CCO)C[C@]2(O)CCNC)CCC=C(C)C. The smallest absolute Gasteiger partial charge is 0.145 e. The van der Waals surface area contributed by atoms with Gasteiger partial charge in [-0.2, -0.15) is 0 Å². The Morgan fingerprint density at radius 1 is 1.17 bits per heavy atom. The number of hydrogen-bond acceptors (Lipinski definition) is 6. The van der Waals surface area contributed by atoms with Crippen molar-refractivity contribution in [2.24, 2.45) is 29.1 Å². The minimum Gasteiger partial charge on any atom is -0.396 e. The van der Waals surface area contributed by atoms with Gasteiger partial charge >= 0.3 is 0 Å². The minimum absolute atomic E-state index is 0.0280. The van der Waals surface area contributed by atoms with Crippen LogP contribution in [0, 0.1) is 29.1 Å². The zero-order chi connectivity index (χ0) is 34.9. The van der Waals surface area contributed by atoms with E-state index >= 15 is 0 Å². The van der Waals surface area contributed by atoms with Crippen molar-refractivity contribution >= 4 is 6.29 Å². The number of aliphatic hydroxyl groups is 4. The van der Waals surface area contributed by atoms with E-state index in [-0.39, 0.29) is 24.4 Å². The molecule has 5 N–H and O–H groups in total. The quantitative estimate of drug-likeness (QED) is 0.0595. The van der Waals surface area contributed by atoms with E-state index in [1.54, 1.807) is 0 Å². The van der Waals surface area contributed by atoms with Gasteiger partial charge in [-0.15, -0.1) is 0 Å². The summed E-state index contributed by atoms with van der Waals surface area (Å²) in [6, 6.07) is 10.1. The van der Waals surface area contributed by atoms with Crippen LogP contribution < -0.4 is 5.32 Å². The third kappa shape index (κ3) is 8.11. The zero-order valence-corrected chi connectivity index (χ0v) is 29.6. The zero-order valence-electron chi connectivity index (χ0n) is 29.6. The van der Waals surface area contributed by atoms with Gasteiger partial charge in [0, 0.05) is 23.9 Å². The highest BCUT2D eigenvalue weighted by Gasteiger charge is 2.68. The largest absolute Gasteiger partial charge is 0.396 e. The maximum atomic E-state index is 12.8. The lowest BCUT2D eigenvalue weighted by Gasteiger charge is -2.61. The molecule has 0 aromatic heterocycles. The Bertz CT molecular complexity index is 1400. The first-order chi connectivity index (χ1) is 23.0. The lowest BCUT2D eigenvalue weighted by molar-refractivity contribution is -0.194. The van der Waals surface area contributed by atoms with Crippen molar-refractivity contribution in [3.8, 4) is 0 Å². The van der Waals surface area contributed by atoms with Gasteiger partial charge in [0.25, 0.3) is 0 Å². The number of fused-ring (bicyclic) bond motifs is 3. The van der Waals surface area contributed by atoms with Crippen molar-refractivity contribution in [3.05, 3.63) is 107 Å². The number of hydrogen-bond donors (Lipinski definition) is 5. The molecule has 4 rings (SSSR count). The molecule has 0 aliphatic heterocycles. The maximum absolute atomic E-state index is 12.8. The number of benzene rings is 1. The molecule has 0 saturated heterocycles. The Morgan fingerprint density at radius 2 is 1.92 bits per heavy atom. The van der Waals surface area contributed by atoms with Gasteiger partial charge in [-0.3, -0.25) is 4.79 Å². The summed E-state index contributed by atoms with van der Waals surface area (Å²) < 4.78 is 0. The Hall–Kier alpha value is -2.87. The van der Waals surface area contributed by atoms with Crippen molar-refractivity contribution < 1.29 is 25.2 Å². The van der Waals surface area contributed by atoms with Crippen LogP contribution in [0.5, 0.6) is 0 Å². The Kier molecular flexibility index (Phi) is 13.6. The van der Waals surface area contributed by atoms with Crippen LogP contribution in [0.2, 0.25) is 0 Å². The number of rotatable bonds is 16. The molecule has 0 amide bonds. The molecule has 0 unspecified atom stereocenters. The fourth-order valence-corrected chi connectivity index (χ4v) is 9.09. The third-order valence-corrected chi connectivity index (χ3v) is 11.4. The normalized spacial score (nSPS) is 31.7. The molecular weight excluding hydrogens is 598 g/mol. The molecule has 48 heavy (non-hydrogen) atoms. The number of aldehydes is 1. The molecule has 8 atom stereocenters. The number of aryl methyl sites for hydroxylation is 1. The monoisotopic (exact) mass is 657 g/mol. The first-order valence-electron chi connectivity index (χ1n) is 17.9. The summed E-state index contributed by atoms with van der Waals surface area (Å²) in [5.74, 6) is -0.949. The van der Waals surface area contributed by atoms with Gasteiger partial charge in [-0.25, -0.2) is 0 Å². The van der Waals surface area contributed by atoms with E-state index in [1.807, 2.05) is 50.4 Å². The van der Waals surface area contributed by atoms with Crippen molar-refractivity contribution in [2.45, 2.75) is 96.4 Å². The first kappa shape index (κ1) is 37.9. The second-order valence-electron chi connectivity index (χ2n) is 14.7. The Morgan fingerprint density at radius 3 is 2.58 bits per heavy atom. The average Bonchev–Trinajstić information content (AvgIpc) is 3.41. The van der Waals surface area contributed by atoms with Crippen LogP contribution in [0.15, 0.2) is 101 Å². The van der Waals surface area contributed by atoms with E-state index in [0.717, 1.165) is 41.4 Å². The van der Waals surface area contributed by atoms with Gasteiger partial charge < -0.3 is 25.7 Å². The molecule has 6 heteroatoms. The van der Waals surface area contributed by atoms with Crippen molar-refractivity contribution in [1.82, 2.24) is 5.32 Å². The van der Waals surface area contributed by atoms with Crippen LogP contribution in [-0.4, -0.2) is 64.7 Å². The standard InChI is InChI=1S/C42H59NO5/c1-29(2)11-9-12-30(3)13-10-16-35(37(46)20-17-32-14-7-6-8-15-32)36-21-23-42(40(36)47)39-33(22-26-44)18-19-34(38(39)31(4)28-45)27-41(42,48)24-25-43-5/h6-8,10-11,13-16,18-19,28,33-34,36-37,39-40,43-44,46-48H,3,9,12,17,20-27H2,1-2,4-5H3/t33-,34-,36+,37+,39+,40+,41+,42+/m0/s1. The molecule has 2 fully saturated rings. The number of nitrogens with one attached hydrogen (secondary N) is 1. The predicted molar refractivity (Wildman–Crippen MR) is 195 cm³/mol. The van der Waals surface area contributed by atoms with Crippen molar-refractivity contribution in [2.75, 3.05) is 20.2 Å². The summed E-state index contributed by atoms with van der Waals surface area (Å²) in [6.07, 6.45) is 16.9. The first-order valence-corrected chi connectivity index (χ1v) is 17.9. The van der Waals surface area contributed by atoms with Crippen LogP contribution in [0.4, 0.5) is 0 Å². The Labute approximate surface area is 288 Å². The topological polar surface area (TPSA) is 110 Å². The van der Waals surface area contributed by atoms with Crippen LogP contribution >= 0.6 is 0 Å². The molecule has 1 spiro atoms. The van der Waals surface area contributed by atoms with E-state index in [1.165, 1.54) is 5.57 Å². The molecule has 0 heterocycles. The Balaban J connectivity index is 1.77. The number of aliphatic hydroxyl groups excluding tert-OH is 3. The van der Waals surface area contributed by atoms with Gasteiger partial charge in [0.15, 0.2) is 0 Å². The summed E-state index contributed by atoms with van der Waals surface area (Å²) in [7, 11) is 1.87. The van der Waals surface area contributed by atoms with Crippen LogP contribution in [0.3, 0.4) is 0 Å². The predicted octanol–water partition coefficient (Wildman–Crippen LogP) is 6.58. The molecule has 6 nitrogen and oxygen atoms in total. The summed E-state index contributed by atoms with van der Waals surface area (Å²) in [5.41, 5.74) is 3.63. The summed E-state index contributed by atoms with van der Waals surface area (Å²) in [4.78, 5) is 12.3. The van der Waals surface area contributed by atoms with E-state index < -0.39 is 29.1 Å². The third-order valence-electron chi connectivity index (χ3n) is 11.4. The maximum Gasteiger partial charge on any atom is 0.145 e. The number of allylic oxidation sites excluding steroid dienone is 10. The fraction of sp³-hybridized carbons (Fsp3) is 0.548. The van der Waals surface area contributed by atoms with Crippen LogP contribution in [-0.2, 0) is 11.2 Å². The number of carbonyl (C=O) groups is 1. The molecular formula is C42H59NO5. The summed E-state index contributed by atoms with van der Waals surface area (Å²) >= 11 is 0. The molecule has 2 bridgehead atoms. The van der Waals surface area contributed by atoms with E-state index in [9.17, 15) is 25.2 Å². The van der Waals surface area contributed by atoms with Crippen LogP contribution in [0.1, 0.15) is 77.7 Å². The highest BCUT2D eigenvalue weighted by atomic mass is 16.3.